The minimum Gasteiger partial charge on any atom is -0.427 e. The summed E-state index contributed by atoms with van der Waals surface area (Å²) in [5, 5.41) is 10.0. The summed E-state index contributed by atoms with van der Waals surface area (Å²) in [6.07, 6.45) is 0.593. The molecule has 0 radical (unpaired) electrons. The average molecular weight is 233 g/mol. The molecule has 6 heteroatoms. The Morgan fingerprint density at radius 2 is 2.29 bits per heavy atom. The van der Waals surface area contributed by atoms with Crippen molar-refractivity contribution in [1.29, 1.82) is 0 Å². The molecule has 3 rings (SSSR count). The molecule has 88 valence electrons. The monoisotopic (exact) mass is 233 g/mol. The Hall–Kier alpha value is -1.37. The number of carbonyl (C=O) groups excluding carboxylic acids is 1. The van der Waals surface area contributed by atoms with Gasteiger partial charge in [-0.3, -0.25) is 9.63 Å². The summed E-state index contributed by atoms with van der Waals surface area (Å²) < 4.78 is 5.17. The highest BCUT2D eigenvalue weighted by Gasteiger charge is 2.42. The minimum atomic E-state index is -1.01. The Morgan fingerprint density at radius 1 is 1.47 bits per heavy atom. The SMILES string of the molecule is O=C1c2ccccc2B(O)N1OC1CCOC1. The number of hydrogen-bond donors (Lipinski definition) is 1. The molecule has 1 unspecified atom stereocenters. The van der Waals surface area contributed by atoms with Gasteiger partial charge in [-0.05, 0) is 11.5 Å². The van der Waals surface area contributed by atoms with Gasteiger partial charge in [0, 0.05) is 18.6 Å². The van der Waals surface area contributed by atoms with Gasteiger partial charge in [-0.25, -0.2) is 4.97 Å². The fraction of sp³-hybridized carbons (Fsp3) is 0.364. The molecule has 17 heavy (non-hydrogen) atoms. The van der Waals surface area contributed by atoms with Gasteiger partial charge in [-0.2, -0.15) is 0 Å². The van der Waals surface area contributed by atoms with E-state index in [2.05, 4.69) is 0 Å². The van der Waals surface area contributed by atoms with Crippen molar-refractivity contribution in [1.82, 2.24) is 4.97 Å². The van der Waals surface area contributed by atoms with Crippen LogP contribution in [0.3, 0.4) is 0 Å². The van der Waals surface area contributed by atoms with Crippen LogP contribution in [0.5, 0.6) is 0 Å². The molecule has 1 N–H and O–H groups in total. The van der Waals surface area contributed by atoms with E-state index < -0.39 is 7.05 Å². The van der Waals surface area contributed by atoms with Crippen molar-refractivity contribution in [3.63, 3.8) is 0 Å². The van der Waals surface area contributed by atoms with Crippen molar-refractivity contribution in [2.45, 2.75) is 12.5 Å². The lowest BCUT2D eigenvalue weighted by Crippen LogP contribution is -2.45. The molecule has 1 aromatic carbocycles. The van der Waals surface area contributed by atoms with Crippen LogP contribution in [0.15, 0.2) is 24.3 Å². The van der Waals surface area contributed by atoms with Crippen LogP contribution in [0, 0.1) is 0 Å². The molecule has 0 bridgehead atoms. The third-order valence-electron chi connectivity index (χ3n) is 3.04. The van der Waals surface area contributed by atoms with Crippen molar-refractivity contribution < 1.29 is 19.4 Å². The molecule has 2 aliphatic heterocycles. The molecule has 1 saturated heterocycles. The van der Waals surface area contributed by atoms with Crippen LogP contribution in [0.25, 0.3) is 0 Å². The predicted octanol–water partition coefficient (Wildman–Crippen LogP) is -0.450. The topological polar surface area (TPSA) is 59.0 Å². The Balaban J connectivity index is 1.82. The van der Waals surface area contributed by atoms with Gasteiger partial charge >= 0.3 is 7.05 Å². The molecule has 0 saturated carbocycles. The molecule has 1 amide bonds. The highest BCUT2D eigenvalue weighted by molar-refractivity contribution is 6.70. The van der Waals surface area contributed by atoms with Gasteiger partial charge < -0.3 is 9.76 Å². The van der Waals surface area contributed by atoms with E-state index in [1.807, 2.05) is 0 Å². The van der Waals surface area contributed by atoms with Crippen LogP contribution in [0.1, 0.15) is 16.8 Å². The van der Waals surface area contributed by atoms with E-state index in [4.69, 9.17) is 9.57 Å². The number of fused-ring (bicyclic) bond motifs is 1. The Morgan fingerprint density at radius 3 is 3.00 bits per heavy atom. The van der Waals surface area contributed by atoms with Gasteiger partial charge in [-0.1, -0.05) is 18.2 Å². The van der Waals surface area contributed by atoms with Gasteiger partial charge in [0.05, 0.1) is 6.61 Å². The maximum atomic E-state index is 12.0. The molecule has 2 heterocycles. The Bertz CT molecular complexity index is 447. The van der Waals surface area contributed by atoms with Crippen LogP contribution in [0.2, 0.25) is 0 Å². The highest BCUT2D eigenvalue weighted by Crippen LogP contribution is 2.18. The lowest BCUT2D eigenvalue weighted by molar-refractivity contribution is -0.115. The lowest BCUT2D eigenvalue weighted by atomic mass is 9.76. The standard InChI is InChI=1S/C11H12BNO4/c14-11-9-3-1-2-4-10(9)12(15)13(11)17-8-5-6-16-7-8/h1-4,8,15H,5-7H2. The predicted molar refractivity (Wildman–Crippen MR) is 60.5 cm³/mol. The van der Waals surface area contributed by atoms with Crippen LogP contribution in [0.4, 0.5) is 0 Å². The van der Waals surface area contributed by atoms with Gasteiger partial charge in [0.15, 0.2) is 0 Å². The molecule has 5 nitrogen and oxygen atoms in total. The van der Waals surface area contributed by atoms with Crippen molar-refractivity contribution >= 4 is 18.4 Å². The summed E-state index contributed by atoms with van der Waals surface area (Å²) in [6, 6.07) is 6.98. The molecular formula is C11H12BNO4. The van der Waals surface area contributed by atoms with Gasteiger partial charge in [0.2, 0.25) is 0 Å². The molecule has 2 aliphatic rings. The number of benzene rings is 1. The first-order valence-corrected chi connectivity index (χ1v) is 5.62. The first-order chi connectivity index (χ1) is 8.27. The zero-order valence-electron chi connectivity index (χ0n) is 9.20. The number of amides is 1. The quantitative estimate of drug-likeness (QED) is 0.703. The van der Waals surface area contributed by atoms with E-state index in [1.165, 1.54) is 0 Å². The number of ether oxygens (including phenoxy) is 1. The van der Waals surface area contributed by atoms with E-state index >= 15 is 0 Å². The van der Waals surface area contributed by atoms with Crippen LogP contribution >= 0.6 is 0 Å². The van der Waals surface area contributed by atoms with Crippen molar-refractivity contribution in [2.75, 3.05) is 13.2 Å². The highest BCUT2D eigenvalue weighted by atomic mass is 16.7. The average Bonchev–Trinajstić information content (AvgIpc) is 2.94. The fourth-order valence-electron chi connectivity index (χ4n) is 2.14. The van der Waals surface area contributed by atoms with Crippen LogP contribution in [-0.4, -0.2) is 42.3 Å². The molecular weight excluding hydrogens is 221 g/mol. The van der Waals surface area contributed by atoms with Gasteiger partial charge in [-0.15, -0.1) is 0 Å². The van der Waals surface area contributed by atoms with Crippen LogP contribution < -0.4 is 5.46 Å². The summed E-state index contributed by atoms with van der Waals surface area (Å²) >= 11 is 0. The second kappa shape index (κ2) is 4.14. The summed E-state index contributed by atoms with van der Waals surface area (Å²) in [5.74, 6) is -0.292. The lowest BCUT2D eigenvalue weighted by Gasteiger charge is -2.21. The number of rotatable bonds is 2. The van der Waals surface area contributed by atoms with E-state index in [0.29, 0.717) is 24.2 Å². The molecule has 1 fully saturated rings. The Labute approximate surface area is 99.0 Å². The first kappa shape index (κ1) is 10.8. The van der Waals surface area contributed by atoms with Gasteiger partial charge in [0.1, 0.15) is 6.10 Å². The van der Waals surface area contributed by atoms with E-state index in [0.717, 1.165) is 11.4 Å². The minimum absolute atomic E-state index is 0.150. The molecule has 0 aromatic heterocycles. The van der Waals surface area contributed by atoms with E-state index in [1.54, 1.807) is 24.3 Å². The summed E-state index contributed by atoms with van der Waals surface area (Å²) in [4.78, 5) is 18.5. The normalized spacial score (nSPS) is 23.4. The van der Waals surface area contributed by atoms with Crippen molar-refractivity contribution in [3.8, 4) is 0 Å². The summed E-state index contributed by atoms with van der Waals surface area (Å²) in [5.41, 5.74) is 1.09. The van der Waals surface area contributed by atoms with Gasteiger partial charge in [0.25, 0.3) is 5.91 Å². The van der Waals surface area contributed by atoms with Crippen LogP contribution in [-0.2, 0) is 9.57 Å². The zero-order chi connectivity index (χ0) is 11.8. The zero-order valence-corrected chi connectivity index (χ0v) is 9.20. The molecule has 0 aliphatic carbocycles. The smallest absolute Gasteiger partial charge is 0.427 e. The third kappa shape index (κ3) is 1.74. The van der Waals surface area contributed by atoms with Crippen molar-refractivity contribution in [3.05, 3.63) is 29.8 Å². The maximum absolute atomic E-state index is 12.0. The number of hydroxylamine groups is 1. The maximum Gasteiger partial charge on any atom is 0.479 e. The molecule has 1 atom stereocenters. The third-order valence-corrected chi connectivity index (χ3v) is 3.04. The first-order valence-electron chi connectivity index (χ1n) is 5.62. The number of carbonyl (C=O) groups is 1. The summed E-state index contributed by atoms with van der Waals surface area (Å²) in [6.45, 7) is 1.10. The van der Waals surface area contributed by atoms with E-state index in [9.17, 15) is 9.82 Å². The number of hydrogen-bond acceptors (Lipinski definition) is 4. The molecule has 1 aromatic rings. The van der Waals surface area contributed by atoms with E-state index in [-0.39, 0.29) is 12.0 Å². The fourth-order valence-corrected chi connectivity index (χ4v) is 2.14. The largest absolute Gasteiger partial charge is 0.479 e. The van der Waals surface area contributed by atoms with Crippen molar-refractivity contribution in [2.24, 2.45) is 0 Å². The second-order valence-electron chi connectivity index (χ2n) is 4.18. The second-order valence-corrected chi connectivity index (χ2v) is 4.18. The summed E-state index contributed by atoms with van der Waals surface area (Å²) in [7, 11) is -1.01. The number of nitrogens with zero attached hydrogens (tertiary/aromatic N) is 1. The molecule has 0 spiro atoms. The Kier molecular flexibility index (Phi) is 2.62.